The summed E-state index contributed by atoms with van der Waals surface area (Å²) in [5, 5.41) is 2.83. The summed E-state index contributed by atoms with van der Waals surface area (Å²) < 4.78 is 19.8. The van der Waals surface area contributed by atoms with Crippen molar-refractivity contribution < 1.29 is 13.9 Å². The van der Waals surface area contributed by atoms with Gasteiger partial charge in [0.25, 0.3) is 5.91 Å². The monoisotopic (exact) mass is 411 g/mol. The molecule has 2 heterocycles. The van der Waals surface area contributed by atoms with Crippen molar-refractivity contribution in [2.75, 3.05) is 32.8 Å². The second-order valence-corrected chi connectivity index (χ2v) is 8.08. The Hall–Kier alpha value is -2.44. The van der Waals surface area contributed by atoms with Crippen molar-refractivity contribution in [2.24, 2.45) is 0 Å². The normalized spacial score (nSPS) is 18.3. The molecule has 0 aliphatic carbocycles. The fourth-order valence-electron chi connectivity index (χ4n) is 4.39. The van der Waals surface area contributed by atoms with Crippen LogP contribution in [0.15, 0.2) is 42.5 Å². The number of ether oxygens (including phenoxy) is 1. The number of piperidine rings is 1. The molecule has 1 saturated heterocycles. The number of hydrogen-bond acceptors (Lipinski definition) is 4. The lowest BCUT2D eigenvalue weighted by molar-refractivity contribution is 0.0949. The Labute approximate surface area is 177 Å². The van der Waals surface area contributed by atoms with E-state index in [4.69, 9.17) is 4.74 Å². The first kappa shape index (κ1) is 20.8. The average molecular weight is 412 g/mol. The number of carbonyl (C=O) groups is 1. The van der Waals surface area contributed by atoms with Gasteiger partial charge in [-0.05, 0) is 56.7 Å². The molecule has 1 amide bonds. The van der Waals surface area contributed by atoms with E-state index in [0.29, 0.717) is 23.8 Å². The van der Waals surface area contributed by atoms with Gasteiger partial charge in [-0.25, -0.2) is 4.39 Å². The molecule has 4 rings (SSSR count). The SMILES string of the molecule is CCN1CCC(N2CCOc3ccc(C(=O)NCc4ccccc4F)cc3C2)CC1. The van der Waals surface area contributed by atoms with E-state index in [0.717, 1.165) is 44.0 Å². The molecule has 160 valence electrons. The zero-order valence-electron chi connectivity index (χ0n) is 17.6. The van der Waals surface area contributed by atoms with Crippen molar-refractivity contribution in [3.8, 4) is 5.75 Å². The van der Waals surface area contributed by atoms with Gasteiger partial charge in [0.2, 0.25) is 0 Å². The van der Waals surface area contributed by atoms with E-state index in [1.165, 1.54) is 18.9 Å². The van der Waals surface area contributed by atoms with Gasteiger partial charge in [-0.15, -0.1) is 0 Å². The molecule has 0 aromatic heterocycles. The van der Waals surface area contributed by atoms with Gasteiger partial charge in [0.15, 0.2) is 0 Å². The van der Waals surface area contributed by atoms with Crippen molar-refractivity contribution >= 4 is 5.91 Å². The number of halogens is 1. The number of fused-ring (bicyclic) bond motifs is 1. The first-order valence-electron chi connectivity index (χ1n) is 10.9. The molecule has 0 atom stereocenters. The predicted molar refractivity (Wildman–Crippen MR) is 115 cm³/mol. The van der Waals surface area contributed by atoms with E-state index in [2.05, 4.69) is 22.0 Å². The Balaban J connectivity index is 1.42. The van der Waals surface area contributed by atoms with Crippen LogP contribution in [0.5, 0.6) is 5.75 Å². The second-order valence-electron chi connectivity index (χ2n) is 8.08. The molecular weight excluding hydrogens is 381 g/mol. The first-order chi connectivity index (χ1) is 14.6. The number of amides is 1. The summed E-state index contributed by atoms with van der Waals surface area (Å²) in [5.74, 6) is 0.347. The zero-order chi connectivity index (χ0) is 20.9. The summed E-state index contributed by atoms with van der Waals surface area (Å²) >= 11 is 0. The molecule has 0 saturated carbocycles. The highest BCUT2D eigenvalue weighted by Gasteiger charge is 2.26. The maximum atomic E-state index is 13.8. The Kier molecular flexibility index (Phi) is 6.65. The van der Waals surface area contributed by atoms with E-state index < -0.39 is 0 Å². The summed E-state index contributed by atoms with van der Waals surface area (Å²) in [6, 6.07) is 12.6. The third kappa shape index (κ3) is 4.82. The number of hydrogen-bond donors (Lipinski definition) is 1. The van der Waals surface area contributed by atoms with E-state index in [9.17, 15) is 9.18 Å². The molecule has 2 aliphatic heterocycles. The number of nitrogens with one attached hydrogen (secondary N) is 1. The minimum atomic E-state index is -0.308. The molecule has 0 bridgehead atoms. The first-order valence-corrected chi connectivity index (χ1v) is 10.9. The van der Waals surface area contributed by atoms with Crippen molar-refractivity contribution in [2.45, 2.75) is 38.9 Å². The van der Waals surface area contributed by atoms with Crippen LogP contribution in [0.1, 0.15) is 41.3 Å². The van der Waals surface area contributed by atoms with E-state index in [1.54, 1.807) is 24.3 Å². The van der Waals surface area contributed by atoms with Crippen LogP contribution in [0.2, 0.25) is 0 Å². The zero-order valence-corrected chi connectivity index (χ0v) is 17.6. The Morgan fingerprint density at radius 2 is 1.97 bits per heavy atom. The molecule has 30 heavy (non-hydrogen) atoms. The van der Waals surface area contributed by atoms with E-state index >= 15 is 0 Å². The third-order valence-corrected chi connectivity index (χ3v) is 6.25. The lowest BCUT2D eigenvalue weighted by Crippen LogP contribution is -2.45. The molecule has 0 radical (unpaired) electrons. The topological polar surface area (TPSA) is 44.8 Å². The van der Waals surface area contributed by atoms with E-state index in [1.807, 2.05) is 12.1 Å². The molecular formula is C24H30FN3O2. The van der Waals surface area contributed by atoms with Gasteiger partial charge in [-0.2, -0.15) is 0 Å². The molecule has 6 heteroatoms. The van der Waals surface area contributed by atoms with Gasteiger partial charge >= 0.3 is 0 Å². The Bertz CT molecular complexity index is 881. The van der Waals surface area contributed by atoms with Crippen molar-refractivity contribution in [3.63, 3.8) is 0 Å². The van der Waals surface area contributed by atoms with Crippen molar-refractivity contribution in [3.05, 3.63) is 65.0 Å². The van der Waals surface area contributed by atoms with Crippen LogP contribution in [0.3, 0.4) is 0 Å². The van der Waals surface area contributed by atoms with Gasteiger partial charge in [0.05, 0.1) is 0 Å². The molecule has 1 fully saturated rings. The fraction of sp³-hybridized carbons (Fsp3) is 0.458. The highest BCUT2D eigenvalue weighted by atomic mass is 19.1. The number of rotatable bonds is 5. The predicted octanol–water partition coefficient (Wildman–Crippen LogP) is 3.43. The largest absolute Gasteiger partial charge is 0.492 e. The van der Waals surface area contributed by atoms with Crippen molar-refractivity contribution in [1.29, 1.82) is 0 Å². The summed E-state index contributed by atoms with van der Waals surface area (Å²) in [4.78, 5) is 17.7. The van der Waals surface area contributed by atoms with Crippen LogP contribution < -0.4 is 10.1 Å². The van der Waals surface area contributed by atoms with Gasteiger partial charge in [-0.3, -0.25) is 9.69 Å². The van der Waals surface area contributed by atoms with Gasteiger partial charge < -0.3 is 15.0 Å². The third-order valence-electron chi connectivity index (χ3n) is 6.25. The van der Waals surface area contributed by atoms with E-state index in [-0.39, 0.29) is 18.3 Å². The molecule has 2 aliphatic rings. The molecule has 0 spiro atoms. The number of nitrogens with zero attached hydrogens (tertiary/aromatic N) is 2. The number of benzene rings is 2. The summed E-state index contributed by atoms with van der Waals surface area (Å²) in [7, 11) is 0. The van der Waals surface area contributed by atoms with Crippen LogP contribution in [0.4, 0.5) is 4.39 Å². The number of likely N-dealkylation sites (tertiary alicyclic amines) is 1. The molecule has 5 nitrogen and oxygen atoms in total. The van der Waals surface area contributed by atoms with Crippen LogP contribution in [0, 0.1) is 5.82 Å². The van der Waals surface area contributed by atoms with Crippen molar-refractivity contribution in [1.82, 2.24) is 15.1 Å². The van der Waals surface area contributed by atoms with Crippen LogP contribution in [-0.4, -0.2) is 54.5 Å². The summed E-state index contributed by atoms with van der Waals surface area (Å²) in [5.41, 5.74) is 2.11. The van der Waals surface area contributed by atoms with Crippen LogP contribution in [-0.2, 0) is 13.1 Å². The molecule has 2 aromatic rings. The van der Waals surface area contributed by atoms with Gasteiger partial charge in [0.1, 0.15) is 18.2 Å². The minimum Gasteiger partial charge on any atom is -0.492 e. The maximum absolute atomic E-state index is 13.8. The molecule has 2 aromatic carbocycles. The second kappa shape index (κ2) is 9.58. The van der Waals surface area contributed by atoms with Crippen LogP contribution >= 0.6 is 0 Å². The Morgan fingerprint density at radius 3 is 2.73 bits per heavy atom. The molecule has 1 N–H and O–H groups in total. The number of carbonyl (C=O) groups excluding carboxylic acids is 1. The smallest absolute Gasteiger partial charge is 0.251 e. The fourth-order valence-corrected chi connectivity index (χ4v) is 4.39. The molecule has 0 unspecified atom stereocenters. The minimum absolute atomic E-state index is 0.168. The lowest BCUT2D eigenvalue weighted by atomic mass is 10.0. The highest BCUT2D eigenvalue weighted by Crippen LogP contribution is 2.27. The van der Waals surface area contributed by atoms with Gasteiger partial charge in [-0.1, -0.05) is 25.1 Å². The summed E-state index contributed by atoms with van der Waals surface area (Å²) in [6.45, 7) is 8.15. The average Bonchev–Trinajstić information content (AvgIpc) is 3.00. The standard InChI is InChI=1S/C24H30FN3O2/c1-2-27-11-9-21(10-12-27)28-13-14-30-23-8-7-18(15-20(23)17-28)24(29)26-16-19-5-3-4-6-22(19)25/h3-8,15,21H,2,9-14,16-17H2,1H3,(H,26,29). The quantitative estimate of drug-likeness (QED) is 0.819. The maximum Gasteiger partial charge on any atom is 0.251 e. The highest BCUT2D eigenvalue weighted by molar-refractivity contribution is 5.94. The van der Waals surface area contributed by atoms with Crippen LogP contribution in [0.25, 0.3) is 0 Å². The summed E-state index contributed by atoms with van der Waals surface area (Å²) in [6.07, 6.45) is 2.35. The lowest BCUT2D eigenvalue weighted by Gasteiger charge is -2.37. The Morgan fingerprint density at radius 1 is 1.17 bits per heavy atom. The van der Waals surface area contributed by atoms with Gasteiger partial charge in [0, 0.05) is 42.4 Å².